The number of alkyl halides is 1. The molecule has 1 fully saturated rings. The van der Waals surface area contributed by atoms with E-state index in [0.29, 0.717) is 4.57 Å². The molecule has 1 aromatic rings. The molecule has 0 bridgehead atoms. The number of nitrogens with zero attached hydrogens (tertiary/aromatic N) is 1. The number of phosphoric acid groups is 1. The third-order valence-corrected chi connectivity index (χ3v) is 3.74. The average Bonchev–Trinajstić information content (AvgIpc) is 2.65. The Morgan fingerprint density at radius 3 is 2.65 bits per heavy atom. The molecule has 0 spiro atoms. The summed E-state index contributed by atoms with van der Waals surface area (Å²) < 4.78 is 34.1. The van der Waals surface area contributed by atoms with E-state index >= 15 is 0 Å². The van der Waals surface area contributed by atoms with Crippen LogP contribution in [0.3, 0.4) is 0 Å². The van der Waals surface area contributed by atoms with Crippen LogP contribution in [-0.4, -0.2) is 54.2 Å². The number of halogens is 2. The zero-order chi connectivity index (χ0) is 17.6. The van der Waals surface area contributed by atoms with Crippen molar-refractivity contribution in [2.45, 2.75) is 24.3 Å². The van der Waals surface area contributed by atoms with Gasteiger partial charge < -0.3 is 24.7 Å². The lowest BCUT2D eigenvalue weighted by Gasteiger charge is -2.22. The molecule has 1 aliphatic rings. The van der Waals surface area contributed by atoms with E-state index in [4.69, 9.17) is 21.4 Å². The van der Waals surface area contributed by atoms with Gasteiger partial charge in [0, 0.05) is 6.20 Å². The van der Waals surface area contributed by atoms with Gasteiger partial charge in [-0.1, -0.05) is 11.6 Å². The van der Waals surface area contributed by atoms with Crippen molar-refractivity contribution >= 4 is 19.4 Å². The van der Waals surface area contributed by atoms with Crippen LogP contribution < -0.4 is 11.2 Å². The lowest BCUT2D eigenvalue weighted by molar-refractivity contribution is -0.205. The molecule has 5 N–H and O–H groups in total. The first-order valence-corrected chi connectivity index (χ1v) is 7.79. The van der Waals surface area contributed by atoms with E-state index in [-0.39, 0.29) is 0 Å². The van der Waals surface area contributed by atoms with Gasteiger partial charge in [-0.2, -0.15) is 0 Å². The van der Waals surface area contributed by atoms with E-state index in [0.717, 1.165) is 6.20 Å². The van der Waals surface area contributed by atoms with Crippen LogP contribution in [0.4, 0.5) is 4.39 Å². The van der Waals surface area contributed by atoms with Crippen molar-refractivity contribution in [3.63, 3.8) is 0 Å². The predicted molar refractivity (Wildman–Crippen MR) is 70.3 cm³/mol. The fraction of sp³-hybridized carbons (Fsp3) is 0.556. The summed E-state index contributed by atoms with van der Waals surface area (Å²) >= 11 is 5.52. The number of H-pyrrole nitrogens is 1. The van der Waals surface area contributed by atoms with Crippen LogP contribution in [0.15, 0.2) is 15.8 Å². The number of aliphatic hydroxyl groups excluding tert-OH is 2. The molecule has 14 heteroatoms. The monoisotopic (exact) mass is 376 g/mol. The van der Waals surface area contributed by atoms with Gasteiger partial charge in [0.1, 0.15) is 23.8 Å². The second kappa shape index (κ2) is 6.07. The Hall–Kier alpha value is -1.11. The van der Waals surface area contributed by atoms with Crippen molar-refractivity contribution in [1.82, 2.24) is 9.55 Å². The van der Waals surface area contributed by atoms with Crippen molar-refractivity contribution in [1.29, 1.82) is 0 Å². The van der Waals surface area contributed by atoms with Gasteiger partial charge in [0.25, 0.3) is 11.4 Å². The third-order valence-electron chi connectivity index (χ3n) is 3.00. The Morgan fingerprint density at radius 1 is 1.48 bits per heavy atom. The molecule has 0 unspecified atom stereocenters. The van der Waals surface area contributed by atoms with Crippen LogP contribution in [0.1, 0.15) is 6.23 Å². The minimum Gasteiger partial charge on any atom is -0.385 e. The van der Waals surface area contributed by atoms with Crippen molar-refractivity contribution in [2.75, 3.05) is 6.61 Å². The molecule has 11 nitrogen and oxygen atoms in total. The van der Waals surface area contributed by atoms with Crippen LogP contribution in [0, 0.1) is 0 Å². The van der Waals surface area contributed by atoms with E-state index in [9.17, 15) is 28.8 Å². The standard InChI is InChI=1S/C9H11ClFN2O9P/c10-3-1-13(8(17)12-6(3)16)7-4(14)5(15)9(11,22-7)2-21-23(18,19)20/h1,4-5,7,14-15H,2H2,(H,12,16,17)(H2,18,19,20)/t4-,5+,7-,9-/m1/s1. The number of nitrogens with one attached hydrogen (secondary N) is 1. The van der Waals surface area contributed by atoms with Gasteiger partial charge in [-0.3, -0.25) is 18.9 Å². The molecule has 0 radical (unpaired) electrons. The highest BCUT2D eigenvalue weighted by Crippen LogP contribution is 2.43. The lowest BCUT2D eigenvalue weighted by atomic mass is 10.1. The number of rotatable bonds is 4. The quantitative estimate of drug-likeness (QED) is 0.381. The molecule has 2 heterocycles. The topological polar surface area (TPSA) is 171 Å². The van der Waals surface area contributed by atoms with E-state index in [2.05, 4.69) is 9.26 Å². The lowest BCUT2D eigenvalue weighted by Crippen LogP contribution is -2.43. The van der Waals surface area contributed by atoms with Crippen LogP contribution in [0.5, 0.6) is 0 Å². The summed E-state index contributed by atoms with van der Waals surface area (Å²) in [4.78, 5) is 41.7. The second-order valence-corrected chi connectivity index (χ2v) is 6.28. The van der Waals surface area contributed by atoms with Crippen LogP contribution >= 0.6 is 19.4 Å². The fourth-order valence-corrected chi connectivity index (χ4v) is 2.41. The Bertz CT molecular complexity index is 762. The maximum Gasteiger partial charge on any atom is 0.469 e. The first kappa shape index (κ1) is 18.2. The van der Waals surface area contributed by atoms with Gasteiger partial charge in [0.05, 0.1) is 0 Å². The molecular formula is C9H11ClFN2O9P. The normalized spacial score (nSPS) is 31.5. The van der Waals surface area contributed by atoms with Gasteiger partial charge in [-0.05, 0) is 0 Å². The van der Waals surface area contributed by atoms with E-state index in [1.807, 2.05) is 0 Å². The largest absolute Gasteiger partial charge is 0.469 e. The summed E-state index contributed by atoms with van der Waals surface area (Å²) in [6.07, 6.45) is -5.38. The highest BCUT2D eigenvalue weighted by Gasteiger charge is 2.57. The SMILES string of the molecule is O=c1[nH]c(=O)n([C@@H]2O[C@](F)(COP(=O)(O)O)[C@@H](O)[C@H]2O)cc1Cl. The number of aromatic nitrogens is 2. The molecule has 0 amide bonds. The first-order valence-electron chi connectivity index (χ1n) is 5.88. The zero-order valence-electron chi connectivity index (χ0n) is 11.0. The molecule has 23 heavy (non-hydrogen) atoms. The van der Waals surface area contributed by atoms with Gasteiger partial charge in [0.2, 0.25) is 0 Å². The Kier molecular flexibility index (Phi) is 4.81. The third kappa shape index (κ3) is 3.70. The molecule has 1 aromatic heterocycles. The van der Waals surface area contributed by atoms with Gasteiger partial charge in [-0.15, -0.1) is 0 Å². The summed E-state index contributed by atoms with van der Waals surface area (Å²) in [6.45, 7) is -1.42. The Labute approximate surface area is 131 Å². The molecule has 0 aliphatic carbocycles. The Balaban J connectivity index is 2.33. The van der Waals surface area contributed by atoms with Crippen LogP contribution in [-0.2, 0) is 13.8 Å². The highest BCUT2D eigenvalue weighted by molar-refractivity contribution is 7.46. The molecule has 0 saturated carbocycles. The second-order valence-electron chi connectivity index (χ2n) is 4.64. The maximum atomic E-state index is 14.4. The molecular weight excluding hydrogens is 366 g/mol. The summed E-state index contributed by atoms with van der Waals surface area (Å²) in [5.41, 5.74) is -2.05. The number of aliphatic hydroxyl groups is 2. The van der Waals surface area contributed by atoms with Crippen molar-refractivity contribution in [2.24, 2.45) is 0 Å². The number of aromatic amines is 1. The highest BCUT2D eigenvalue weighted by atomic mass is 35.5. The molecule has 1 saturated heterocycles. The zero-order valence-corrected chi connectivity index (χ0v) is 12.6. The minimum absolute atomic E-state index is 0.474. The van der Waals surface area contributed by atoms with Crippen molar-refractivity contribution in [3.8, 4) is 0 Å². The van der Waals surface area contributed by atoms with E-state index in [1.54, 1.807) is 4.98 Å². The molecule has 130 valence electrons. The van der Waals surface area contributed by atoms with Gasteiger partial charge >= 0.3 is 13.5 Å². The van der Waals surface area contributed by atoms with E-state index in [1.165, 1.54) is 0 Å². The summed E-state index contributed by atoms with van der Waals surface area (Å²) in [5, 5.41) is 19.0. The summed E-state index contributed by atoms with van der Waals surface area (Å²) in [5.74, 6) is -3.22. The van der Waals surface area contributed by atoms with E-state index < -0.39 is 55.0 Å². The number of hydrogen-bond acceptors (Lipinski definition) is 7. The average molecular weight is 377 g/mol. The van der Waals surface area contributed by atoms with Crippen molar-refractivity contribution in [3.05, 3.63) is 32.1 Å². The van der Waals surface area contributed by atoms with Crippen LogP contribution in [0.2, 0.25) is 5.02 Å². The van der Waals surface area contributed by atoms with Gasteiger partial charge in [-0.25, -0.2) is 13.8 Å². The van der Waals surface area contributed by atoms with Crippen LogP contribution in [0.25, 0.3) is 0 Å². The summed E-state index contributed by atoms with van der Waals surface area (Å²) in [6, 6.07) is 0. The minimum atomic E-state index is -5.07. The Morgan fingerprint density at radius 2 is 2.09 bits per heavy atom. The summed E-state index contributed by atoms with van der Waals surface area (Å²) in [7, 11) is -5.07. The molecule has 2 rings (SSSR count). The smallest absolute Gasteiger partial charge is 0.385 e. The number of phosphoric ester groups is 1. The number of ether oxygens (including phenoxy) is 1. The number of hydrogen-bond donors (Lipinski definition) is 5. The predicted octanol–water partition coefficient (Wildman–Crippen LogP) is -1.78. The molecule has 4 atom stereocenters. The van der Waals surface area contributed by atoms with Gasteiger partial charge in [0.15, 0.2) is 6.23 Å². The molecule has 1 aliphatic heterocycles. The fourth-order valence-electron chi connectivity index (χ4n) is 1.91. The first-order chi connectivity index (χ1) is 10.4. The van der Waals surface area contributed by atoms with Crippen molar-refractivity contribution < 1.29 is 38.2 Å². The maximum absolute atomic E-state index is 14.4. The molecule has 0 aromatic carbocycles.